The lowest BCUT2D eigenvalue weighted by molar-refractivity contribution is 0.0856. The number of likely N-dealkylation sites (tertiary alicyclic amines) is 1. The second-order valence-corrected chi connectivity index (χ2v) is 6.58. The zero-order chi connectivity index (χ0) is 19.8. The van der Waals surface area contributed by atoms with Gasteiger partial charge in [-0.25, -0.2) is 9.78 Å². The number of ether oxygens (including phenoxy) is 1. The van der Waals surface area contributed by atoms with Crippen LogP contribution >= 0.6 is 0 Å². The summed E-state index contributed by atoms with van der Waals surface area (Å²) >= 11 is 0. The molecule has 0 aromatic carbocycles. The molecule has 2 aromatic heterocycles. The fourth-order valence-electron chi connectivity index (χ4n) is 3.02. The number of carbonyl (C=O) groups excluding carboxylic acids is 2. The van der Waals surface area contributed by atoms with E-state index in [9.17, 15) is 9.59 Å². The van der Waals surface area contributed by atoms with Crippen LogP contribution < -0.4 is 10.6 Å². The minimum absolute atomic E-state index is 0.0309. The number of aromatic nitrogens is 2. The fraction of sp³-hybridized carbons (Fsp3) is 0.400. The van der Waals surface area contributed by atoms with Gasteiger partial charge in [0.1, 0.15) is 5.69 Å². The van der Waals surface area contributed by atoms with E-state index in [-0.39, 0.29) is 18.0 Å². The lowest BCUT2D eigenvalue weighted by atomic mass is 10.1. The number of hydrogen-bond donors (Lipinski definition) is 2. The summed E-state index contributed by atoms with van der Waals surface area (Å²) in [6.07, 6.45) is 6.30. The summed E-state index contributed by atoms with van der Waals surface area (Å²) in [6, 6.07) is 7.45. The highest BCUT2D eigenvalue weighted by atomic mass is 16.6. The van der Waals surface area contributed by atoms with Crippen molar-refractivity contribution in [1.82, 2.24) is 20.2 Å². The number of amides is 2. The molecule has 2 amide bonds. The Balaban J connectivity index is 1.45. The molecule has 0 atom stereocenters. The van der Waals surface area contributed by atoms with Gasteiger partial charge in [-0.3, -0.25) is 9.78 Å². The fourth-order valence-corrected chi connectivity index (χ4v) is 3.02. The van der Waals surface area contributed by atoms with Gasteiger partial charge < -0.3 is 20.3 Å². The van der Waals surface area contributed by atoms with Crippen LogP contribution in [-0.4, -0.2) is 52.6 Å². The maximum atomic E-state index is 12.4. The molecule has 8 nitrogen and oxygen atoms in total. The average Bonchev–Trinajstić information content (AvgIpc) is 2.74. The third-order valence-corrected chi connectivity index (χ3v) is 4.57. The summed E-state index contributed by atoms with van der Waals surface area (Å²) < 4.78 is 5.01. The Kier molecular flexibility index (Phi) is 6.78. The van der Waals surface area contributed by atoms with Crippen molar-refractivity contribution in [3.05, 3.63) is 54.1 Å². The lowest BCUT2D eigenvalue weighted by Gasteiger charge is -2.31. The molecule has 0 spiro atoms. The Morgan fingerprint density at radius 1 is 1.21 bits per heavy atom. The Hall–Kier alpha value is -3.16. The molecule has 2 N–H and O–H groups in total. The van der Waals surface area contributed by atoms with Gasteiger partial charge in [0.2, 0.25) is 0 Å². The largest absolute Gasteiger partial charge is 0.450 e. The molecule has 1 fully saturated rings. The quantitative estimate of drug-likeness (QED) is 0.795. The smallest absolute Gasteiger partial charge is 0.409 e. The van der Waals surface area contributed by atoms with Gasteiger partial charge >= 0.3 is 6.09 Å². The summed E-state index contributed by atoms with van der Waals surface area (Å²) in [4.78, 5) is 34.1. The molecule has 0 aliphatic carbocycles. The zero-order valence-corrected chi connectivity index (χ0v) is 15.9. The number of nitrogens with zero attached hydrogens (tertiary/aromatic N) is 3. The number of pyridine rings is 2. The first-order valence-electron chi connectivity index (χ1n) is 9.47. The van der Waals surface area contributed by atoms with E-state index in [1.54, 1.807) is 36.5 Å². The number of piperidine rings is 1. The molecule has 3 heterocycles. The molecule has 3 rings (SSSR count). The van der Waals surface area contributed by atoms with E-state index in [2.05, 4.69) is 20.6 Å². The summed E-state index contributed by atoms with van der Waals surface area (Å²) in [5.41, 5.74) is 2.28. The maximum Gasteiger partial charge on any atom is 0.409 e. The third-order valence-electron chi connectivity index (χ3n) is 4.57. The third kappa shape index (κ3) is 5.42. The van der Waals surface area contributed by atoms with Gasteiger partial charge in [-0.05, 0) is 43.5 Å². The molecule has 1 saturated heterocycles. The van der Waals surface area contributed by atoms with Crippen molar-refractivity contribution in [3.8, 4) is 0 Å². The van der Waals surface area contributed by atoms with E-state index in [1.807, 2.05) is 18.2 Å². The van der Waals surface area contributed by atoms with Crippen LogP contribution in [0.5, 0.6) is 0 Å². The maximum absolute atomic E-state index is 12.4. The van der Waals surface area contributed by atoms with Crippen molar-refractivity contribution >= 4 is 17.7 Å². The van der Waals surface area contributed by atoms with Gasteiger partial charge in [-0.15, -0.1) is 0 Å². The van der Waals surface area contributed by atoms with Crippen LogP contribution in [0.4, 0.5) is 10.5 Å². The second-order valence-electron chi connectivity index (χ2n) is 6.58. The lowest BCUT2D eigenvalue weighted by Crippen LogP contribution is -2.46. The normalized spacial score (nSPS) is 14.4. The van der Waals surface area contributed by atoms with Crippen LogP contribution in [0.2, 0.25) is 0 Å². The molecule has 0 saturated carbocycles. The molecule has 2 aromatic rings. The first-order chi connectivity index (χ1) is 13.7. The number of anilines is 1. The highest BCUT2D eigenvalue weighted by molar-refractivity contribution is 5.92. The van der Waals surface area contributed by atoms with Crippen LogP contribution in [0.25, 0.3) is 0 Å². The number of hydrogen-bond acceptors (Lipinski definition) is 6. The number of rotatable bonds is 6. The van der Waals surface area contributed by atoms with Crippen molar-refractivity contribution in [2.45, 2.75) is 32.4 Å². The summed E-state index contributed by atoms with van der Waals surface area (Å²) in [5, 5.41) is 6.25. The van der Waals surface area contributed by atoms with Gasteiger partial charge in [0, 0.05) is 38.1 Å². The van der Waals surface area contributed by atoms with Gasteiger partial charge in [0.25, 0.3) is 5.91 Å². The Labute approximate surface area is 164 Å². The molecular formula is C20H25N5O3. The van der Waals surface area contributed by atoms with Gasteiger partial charge in [-0.1, -0.05) is 6.07 Å². The molecule has 1 aliphatic rings. The predicted octanol–water partition coefficient (Wildman–Crippen LogP) is 2.44. The predicted molar refractivity (Wildman–Crippen MR) is 105 cm³/mol. The molecule has 0 bridgehead atoms. The number of nitrogens with one attached hydrogen (secondary N) is 2. The highest BCUT2D eigenvalue weighted by Gasteiger charge is 2.25. The molecule has 1 aliphatic heterocycles. The molecule has 8 heteroatoms. The van der Waals surface area contributed by atoms with Crippen molar-refractivity contribution in [2.75, 3.05) is 25.0 Å². The minimum Gasteiger partial charge on any atom is -0.450 e. The van der Waals surface area contributed by atoms with Crippen LogP contribution in [0, 0.1) is 0 Å². The summed E-state index contributed by atoms with van der Waals surface area (Å²) in [7, 11) is 0. The highest BCUT2D eigenvalue weighted by Crippen LogP contribution is 2.13. The van der Waals surface area contributed by atoms with Crippen molar-refractivity contribution < 1.29 is 14.3 Å². The van der Waals surface area contributed by atoms with Crippen LogP contribution in [0.3, 0.4) is 0 Å². The first kappa shape index (κ1) is 19.6. The monoisotopic (exact) mass is 383 g/mol. The Morgan fingerprint density at radius 3 is 2.68 bits per heavy atom. The van der Waals surface area contributed by atoms with Crippen molar-refractivity contribution in [2.24, 2.45) is 0 Å². The molecule has 28 heavy (non-hydrogen) atoms. The van der Waals surface area contributed by atoms with Crippen molar-refractivity contribution in [3.63, 3.8) is 0 Å². The Morgan fingerprint density at radius 2 is 2.04 bits per heavy atom. The van der Waals surface area contributed by atoms with Crippen LogP contribution in [0.15, 0.2) is 42.9 Å². The van der Waals surface area contributed by atoms with Gasteiger partial charge in [-0.2, -0.15) is 0 Å². The Bertz CT molecular complexity index is 774. The van der Waals surface area contributed by atoms with E-state index in [0.29, 0.717) is 44.8 Å². The van der Waals surface area contributed by atoms with E-state index in [4.69, 9.17) is 4.74 Å². The van der Waals surface area contributed by atoms with Crippen LogP contribution in [-0.2, 0) is 11.3 Å². The van der Waals surface area contributed by atoms with Gasteiger partial charge in [0.05, 0.1) is 18.5 Å². The van der Waals surface area contributed by atoms with E-state index in [0.717, 1.165) is 11.3 Å². The minimum atomic E-state index is -0.289. The number of carbonyl (C=O) groups is 2. The van der Waals surface area contributed by atoms with E-state index >= 15 is 0 Å². The zero-order valence-electron chi connectivity index (χ0n) is 15.9. The first-order valence-corrected chi connectivity index (χ1v) is 9.47. The average molecular weight is 383 g/mol. The topological polar surface area (TPSA) is 96.5 Å². The molecule has 148 valence electrons. The summed E-state index contributed by atoms with van der Waals surface area (Å²) in [5.74, 6) is -0.201. The standard InChI is InChI=1S/C20H25N5O3/c1-2-28-20(27)25-10-7-16(8-11-25)24-19(26)18-6-5-17(14-23-18)22-13-15-4-3-9-21-12-15/h3-6,9,12,14,16,22H,2,7-8,10-11,13H2,1H3,(H,24,26). The summed E-state index contributed by atoms with van der Waals surface area (Å²) in [6.45, 7) is 3.95. The van der Waals surface area contributed by atoms with Crippen molar-refractivity contribution in [1.29, 1.82) is 0 Å². The molecule has 0 radical (unpaired) electrons. The SMILES string of the molecule is CCOC(=O)N1CCC(NC(=O)c2ccc(NCc3cccnc3)cn2)CC1. The van der Waals surface area contributed by atoms with E-state index < -0.39 is 0 Å². The second kappa shape index (κ2) is 9.68. The van der Waals surface area contributed by atoms with Gasteiger partial charge in [0.15, 0.2) is 0 Å². The van der Waals surface area contributed by atoms with E-state index in [1.165, 1.54) is 0 Å². The van der Waals surface area contributed by atoms with Crippen LogP contribution in [0.1, 0.15) is 35.8 Å². The molecule has 0 unspecified atom stereocenters. The molecular weight excluding hydrogens is 358 g/mol.